The molecule has 4 rings (SSSR count). The van der Waals surface area contributed by atoms with E-state index in [9.17, 15) is 9.90 Å². The van der Waals surface area contributed by atoms with Gasteiger partial charge in [-0.1, -0.05) is 17.3 Å². The monoisotopic (exact) mass is 354 g/mol. The van der Waals surface area contributed by atoms with Gasteiger partial charge in [0.25, 0.3) is 0 Å². The van der Waals surface area contributed by atoms with Crippen LogP contribution in [0.1, 0.15) is 43.7 Å². The number of aryl methyl sites for hydroxylation is 1. The predicted molar refractivity (Wildman–Crippen MR) is 83.4 cm³/mol. The highest BCUT2D eigenvalue weighted by Crippen LogP contribution is 2.62. The van der Waals surface area contributed by atoms with E-state index >= 15 is 0 Å². The molecule has 1 aromatic carbocycles. The predicted octanol–water partition coefficient (Wildman–Crippen LogP) is 2.50. The fraction of sp³-hybridized carbons (Fsp3) is 0.562. The third-order valence-corrected chi connectivity index (χ3v) is 5.91. The zero-order valence-electron chi connectivity index (χ0n) is 13.1. The minimum absolute atomic E-state index is 0.000364. The van der Waals surface area contributed by atoms with E-state index in [4.69, 9.17) is 14.2 Å². The summed E-state index contributed by atoms with van der Waals surface area (Å²) >= 11 is 0.0103. The van der Waals surface area contributed by atoms with Crippen molar-refractivity contribution in [2.24, 2.45) is 0 Å². The maximum atomic E-state index is 12.5. The Balaban J connectivity index is 1.86. The molecule has 1 heterocycles. The summed E-state index contributed by atoms with van der Waals surface area (Å²) in [6.45, 7) is 1.97. The molecule has 1 aromatic rings. The Morgan fingerprint density at radius 1 is 1.38 bits per heavy atom. The number of benzene rings is 1. The first kappa shape index (κ1) is 16.2. The number of ketones is 1. The van der Waals surface area contributed by atoms with Gasteiger partial charge in [0.1, 0.15) is 0 Å². The summed E-state index contributed by atoms with van der Waals surface area (Å²) in [5.41, 5.74) is 0.181. The van der Waals surface area contributed by atoms with Crippen molar-refractivity contribution in [2.75, 3.05) is 0 Å². The standard InChI is InChI=1S/C16H18O7S/c1-2-16-12-9-3-4-11(21-22-23-24-19)13(12)20-14(16)10(17)6-8-15(16,18)7-5-9/h3-4,14,18-19H,2,5-8H2,1H3/t14-,15?,16-/m0/s1. The van der Waals surface area contributed by atoms with E-state index in [0.29, 0.717) is 31.4 Å². The summed E-state index contributed by atoms with van der Waals surface area (Å²) < 4.78 is 18.8. The fourth-order valence-corrected chi connectivity index (χ4v) is 4.83. The van der Waals surface area contributed by atoms with E-state index in [-0.39, 0.29) is 23.9 Å². The van der Waals surface area contributed by atoms with Crippen LogP contribution in [0.3, 0.4) is 0 Å². The maximum Gasteiger partial charge on any atom is 0.210 e. The fourth-order valence-electron chi connectivity index (χ4n) is 4.78. The second kappa shape index (κ2) is 5.60. The van der Waals surface area contributed by atoms with Crippen LogP contribution in [-0.4, -0.2) is 27.1 Å². The van der Waals surface area contributed by atoms with Crippen LogP contribution in [0, 0.1) is 0 Å². The number of carbonyl (C=O) groups is 1. The van der Waals surface area contributed by atoms with E-state index in [0.717, 1.165) is 17.5 Å². The van der Waals surface area contributed by atoms with Gasteiger partial charge in [-0.15, -0.1) is 0 Å². The Morgan fingerprint density at radius 2 is 2.17 bits per heavy atom. The van der Waals surface area contributed by atoms with Crippen LogP contribution in [0.25, 0.3) is 0 Å². The minimum atomic E-state index is -0.963. The van der Waals surface area contributed by atoms with Crippen molar-refractivity contribution < 1.29 is 33.5 Å². The Labute approximate surface area is 143 Å². The van der Waals surface area contributed by atoms with Gasteiger partial charge in [-0.2, -0.15) is 0 Å². The number of ether oxygens (including phenoxy) is 1. The molecule has 0 amide bonds. The SMILES string of the molecule is CC[C@]12c3c4ccc(OOOSO)c3O[C@H]1C(=O)CCC2(O)CC4. The molecule has 1 saturated carbocycles. The van der Waals surface area contributed by atoms with Crippen LogP contribution in [0.15, 0.2) is 12.1 Å². The van der Waals surface area contributed by atoms with Gasteiger partial charge in [-0.25, -0.2) is 0 Å². The molecular weight excluding hydrogens is 336 g/mol. The molecule has 2 aliphatic carbocycles. The normalized spacial score (nSPS) is 33.1. The topological polar surface area (TPSA) is 94.5 Å². The Bertz CT molecular complexity index is 693. The molecule has 2 N–H and O–H groups in total. The van der Waals surface area contributed by atoms with Gasteiger partial charge in [-0.05, 0) is 37.3 Å². The Hall–Kier alpha value is -1.32. The average Bonchev–Trinajstić information content (AvgIpc) is 2.96. The van der Waals surface area contributed by atoms with Gasteiger partial charge in [0.05, 0.1) is 11.0 Å². The summed E-state index contributed by atoms with van der Waals surface area (Å²) in [7, 11) is 0. The molecule has 1 unspecified atom stereocenters. The van der Waals surface area contributed by atoms with Crippen LogP contribution in [0.5, 0.6) is 11.5 Å². The molecule has 7 nitrogen and oxygen atoms in total. The van der Waals surface area contributed by atoms with Crippen molar-refractivity contribution in [3.8, 4) is 11.5 Å². The molecule has 130 valence electrons. The number of Topliss-reactive ketones (excluding diaryl/α,β-unsaturated/α-hetero) is 1. The number of hydrogen-bond donors (Lipinski definition) is 2. The largest absolute Gasteiger partial charge is 0.477 e. The van der Waals surface area contributed by atoms with E-state index in [1.54, 1.807) is 6.07 Å². The van der Waals surface area contributed by atoms with Crippen molar-refractivity contribution in [3.05, 3.63) is 23.3 Å². The first-order valence-corrected chi connectivity index (χ1v) is 8.67. The molecular formula is C16H18O7S. The van der Waals surface area contributed by atoms with Crippen molar-refractivity contribution in [1.82, 2.24) is 0 Å². The molecule has 8 heteroatoms. The van der Waals surface area contributed by atoms with Crippen LogP contribution in [-0.2, 0) is 26.0 Å². The minimum Gasteiger partial charge on any atom is -0.477 e. The Morgan fingerprint density at radius 3 is 2.92 bits per heavy atom. The molecule has 0 spiro atoms. The summed E-state index contributed by atoms with van der Waals surface area (Å²) in [5, 5.41) is 15.8. The van der Waals surface area contributed by atoms with Crippen LogP contribution < -0.4 is 9.62 Å². The van der Waals surface area contributed by atoms with Gasteiger partial charge in [0.15, 0.2) is 30.0 Å². The van der Waals surface area contributed by atoms with Gasteiger partial charge in [0, 0.05) is 17.0 Å². The van der Waals surface area contributed by atoms with Crippen molar-refractivity contribution in [1.29, 1.82) is 0 Å². The summed E-state index contributed by atoms with van der Waals surface area (Å²) in [4.78, 5) is 17.6. The molecule has 1 aliphatic heterocycles. The lowest BCUT2D eigenvalue weighted by molar-refractivity contribution is -0.406. The number of aliphatic hydroxyl groups is 1. The van der Waals surface area contributed by atoms with E-state index < -0.39 is 17.1 Å². The van der Waals surface area contributed by atoms with Gasteiger partial charge >= 0.3 is 0 Å². The molecule has 0 aromatic heterocycles. The zero-order valence-corrected chi connectivity index (χ0v) is 13.9. The molecule has 3 atom stereocenters. The Kier molecular flexibility index (Phi) is 3.77. The highest BCUT2D eigenvalue weighted by Gasteiger charge is 2.67. The quantitative estimate of drug-likeness (QED) is 0.360. The lowest BCUT2D eigenvalue weighted by Gasteiger charge is -2.52. The van der Waals surface area contributed by atoms with Crippen molar-refractivity contribution in [2.45, 2.75) is 56.1 Å². The molecule has 0 bridgehead atoms. The van der Waals surface area contributed by atoms with Gasteiger partial charge < -0.3 is 19.3 Å². The second-order valence-electron chi connectivity index (χ2n) is 6.54. The van der Waals surface area contributed by atoms with Gasteiger partial charge in [0.2, 0.25) is 5.75 Å². The lowest BCUT2D eigenvalue weighted by Crippen LogP contribution is -2.64. The first-order chi connectivity index (χ1) is 11.6. The lowest BCUT2D eigenvalue weighted by atomic mass is 9.52. The number of carbonyl (C=O) groups excluding carboxylic acids is 1. The molecule has 1 fully saturated rings. The zero-order chi connectivity index (χ0) is 16.9. The van der Waals surface area contributed by atoms with E-state index in [1.807, 2.05) is 13.0 Å². The molecule has 3 aliphatic rings. The average molecular weight is 354 g/mol. The molecule has 0 radical (unpaired) electrons. The van der Waals surface area contributed by atoms with Crippen LogP contribution in [0.4, 0.5) is 0 Å². The number of rotatable bonds is 5. The smallest absolute Gasteiger partial charge is 0.210 e. The van der Waals surface area contributed by atoms with E-state index in [2.05, 4.69) is 9.37 Å². The highest BCUT2D eigenvalue weighted by molar-refractivity contribution is 7.88. The summed E-state index contributed by atoms with van der Waals surface area (Å²) in [6.07, 6.45) is 1.96. The first-order valence-electron chi connectivity index (χ1n) is 7.97. The maximum absolute atomic E-state index is 12.5. The van der Waals surface area contributed by atoms with Crippen molar-refractivity contribution >= 4 is 18.1 Å². The highest BCUT2D eigenvalue weighted by atomic mass is 32.2. The summed E-state index contributed by atoms with van der Waals surface area (Å²) in [6, 6.07) is 3.57. The van der Waals surface area contributed by atoms with Gasteiger partial charge in [-0.3, -0.25) is 4.79 Å². The third kappa shape index (κ3) is 1.91. The second-order valence-corrected chi connectivity index (χ2v) is 6.83. The van der Waals surface area contributed by atoms with Crippen LogP contribution in [0.2, 0.25) is 0 Å². The van der Waals surface area contributed by atoms with Crippen molar-refractivity contribution in [3.63, 3.8) is 0 Å². The van der Waals surface area contributed by atoms with Crippen LogP contribution >= 0.6 is 12.3 Å². The molecule has 24 heavy (non-hydrogen) atoms. The molecule has 0 saturated heterocycles. The van der Waals surface area contributed by atoms with E-state index in [1.165, 1.54) is 0 Å². The number of hydrogen-bond acceptors (Lipinski definition) is 8. The summed E-state index contributed by atoms with van der Waals surface area (Å²) in [5.74, 6) is 0.668. The third-order valence-electron chi connectivity index (χ3n) is 5.79.